The quantitative estimate of drug-likeness (QED) is 0.867. The molecule has 0 amide bonds. The van der Waals surface area contributed by atoms with Gasteiger partial charge in [0.2, 0.25) is 0 Å². The van der Waals surface area contributed by atoms with Crippen molar-refractivity contribution in [1.29, 1.82) is 0 Å². The summed E-state index contributed by atoms with van der Waals surface area (Å²) in [5, 5.41) is 12.3. The molecule has 0 aromatic heterocycles. The summed E-state index contributed by atoms with van der Waals surface area (Å²) < 4.78 is 17.9. The number of hydrogen-bond acceptors (Lipinski definition) is 5. The Morgan fingerprint density at radius 2 is 2.00 bits per heavy atom. The highest BCUT2D eigenvalue weighted by Crippen LogP contribution is 2.61. The molecule has 1 spiro atoms. The highest BCUT2D eigenvalue weighted by atomic mass is 16.7. The fourth-order valence-electron chi connectivity index (χ4n) is 6.77. The van der Waals surface area contributed by atoms with Crippen LogP contribution in [0, 0.1) is 5.92 Å². The number of hydrogen-bond donors (Lipinski definition) is 1. The average Bonchev–Trinajstić information content (AvgIpc) is 3.41. The van der Waals surface area contributed by atoms with Crippen molar-refractivity contribution in [1.82, 2.24) is 4.90 Å². The van der Waals surface area contributed by atoms with E-state index >= 15 is 0 Å². The van der Waals surface area contributed by atoms with E-state index in [2.05, 4.69) is 23.1 Å². The highest BCUT2D eigenvalue weighted by molar-refractivity contribution is 5.49. The van der Waals surface area contributed by atoms with Gasteiger partial charge < -0.3 is 19.3 Å². The van der Waals surface area contributed by atoms with Crippen LogP contribution in [-0.2, 0) is 21.3 Å². The molecule has 1 N–H and O–H groups in total. The first kappa shape index (κ1) is 17.7. The lowest BCUT2D eigenvalue weighted by Gasteiger charge is -2.65. The second-order valence-electron chi connectivity index (χ2n) is 9.72. The molecule has 2 bridgehead atoms. The predicted octanol–water partition coefficient (Wildman–Crippen LogP) is 2.63. The van der Waals surface area contributed by atoms with Crippen molar-refractivity contribution in [2.75, 3.05) is 33.4 Å². The van der Waals surface area contributed by atoms with E-state index in [1.54, 1.807) is 7.11 Å². The Morgan fingerprint density at radius 3 is 2.75 bits per heavy atom. The lowest BCUT2D eigenvalue weighted by molar-refractivity contribution is -0.259. The molecule has 2 heterocycles. The summed E-state index contributed by atoms with van der Waals surface area (Å²) in [6.07, 6.45) is 6.88. The van der Waals surface area contributed by atoms with Crippen molar-refractivity contribution in [2.24, 2.45) is 5.92 Å². The molecule has 28 heavy (non-hydrogen) atoms. The van der Waals surface area contributed by atoms with Crippen LogP contribution in [0.15, 0.2) is 18.2 Å². The number of aliphatic hydroxyl groups is 1. The molecule has 0 radical (unpaired) electrons. The summed E-state index contributed by atoms with van der Waals surface area (Å²) >= 11 is 0. The van der Waals surface area contributed by atoms with Crippen LogP contribution < -0.4 is 4.74 Å². The smallest absolute Gasteiger partial charge is 0.169 e. The molecule has 2 saturated heterocycles. The van der Waals surface area contributed by atoms with Crippen LogP contribution in [0.4, 0.5) is 0 Å². The van der Waals surface area contributed by atoms with Crippen LogP contribution in [0.25, 0.3) is 0 Å². The number of nitrogens with zero attached hydrogens (tertiary/aromatic N) is 1. The zero-order chi connectivity index (χ0) is 19.0. The highest BCUT2D eigenvalue weighted by Gasteiger charge is 2.68. The fourth-order valence-corrected chi connectivity index (χ4v) is 6.77. The lowest BCUT2D eigenvalue weighted by Crippen LogP contribution is -2.75. The Hall–Kier alpha value is -1.14. The van der Waals surface area contributed by atoms with E-state index < -0.39 is 11.4 Å². The molecule has 152 valence electrons. The fraction of sp³-hybridized carbons (Fsp3) is 0.739. The number of methoxy groups -OCH3 is 1. The minimum Gasteiger partial charge on any atom is -0.497 e. The predicted molar refractivity (Wildman–Crippen MR) is 105 cm³/mol. The van der Waals surface area contributed by atoms with Gasteiger partial charge in [-0.3, -0.25) is 4.90 Å². The summed E-state index contributed by atoms with van der Waals surface area (Å²) in [5.41, 5.74) is 1.60. The van der Waals surface area contributed by atoms with E-state index in [1.165, 1.54) is 24.0 Å². The second kappa shape index (κ2) is 5.94. The zero-order valence-corrected chi connectivity index (χ0v) is 16.8. The van der Waals surface area contributed by atoms with Crippen molar-refractivity contribution < 1.29 is 19.3 Å². The van der Waals surface area contributed by atoms with Gasteiger partial charge >= 0.3 is 0 Å². The summed E-state index contributed by atoms with van der Waals surface area (Å²) in [6.45, 7) is 3.52. The summed E-state index contributed by atoms with van der Waals surface area (Å²) in [7, 11) is 1.72. The summed E-state index contributed by atoms with van der Waals surface area (Å²) in [4.78, 5) is 2.61. The van der Waals surface area contributed by atoms with Crippen molar-refractivity contribution >= 4 is 0 Å². The van der Waals surface area contributed by atoms with Crippen LogP contribution in [0.2, 0.25) is 0 Å². The van der Waals surface area contributed by atoms with Crippen LogP contribution in [0.1, 0.15) is 49.7 Å². The molecule has 6 rings (SSSR count). The molecular formula is C23H31NO4. The Bertz CT molecular complexity index is 787. The first-order valence-corrected chi connectivity index (χ1v) is 11.0. The van der Waals surface area contributed by atoms with E-state index in [0.29, 0.717) is 13.2 Å². The topological polar surface area (TPSA) is 51.2 Å². The maximum atomic E-state index is 12.3. The van der Waals surface area contributed by atoms with Crippen molar-refractivity contribution in [2.45, 2.75) is 67.8 Å². The maximum Gasteiger partial charge on any atom is 0.169 e. The van der Waals surface area contributed by atoms with E-state index in [4.69, 9.17) is 14.2 Å². The third kappa shape index (κ3) is 2.33. The monoisotopic (exact) mass is 385 g/mol. The maximum absolute atomic E-state index is 12.3. The third-order valence-corrected chi connectivity index (χ3v) is 8.35. The van der Waals surface area contributed by atoms with Gasteiger partial charge in [0, 0.05) is 30.8 Å². The van der Waals surface area contributed by atoms with Crippen molar-refractivity contribution in [3.05, 3.63) is 29.3 Å². The molecule has 2 aliphatic heterocycles. The molecule has 5 aliphatic rings. The Labute approximate surface area is 167 Å². The Morgan fingerprint density at radius 1 is 1.18 bits per heavy atom. The summed E-state index contributed by atoms with van der Waals surface area (Å²) in [6, 6.07) is 6.67. The molecule has 3 unspecified atom stereocenters. The van der Waals surface area contributed by atoms with Crippen LogP contribution >= 0.6 is 0 Å². The van der Waals surface area contributed by atoms with Gasteiger partial charge in [-0.25, -0.2) is 0 Å². The molecular weight excluding hydrogens is 354 g/mol. The molecule has 5 heteroatoms. The normalized spacial score (nSPS) is 38.9. The Kier molecular flexibility index (Phi) is 3.76. The molecule has 1 aromatic carbocycles. The van der Waals surface area contributed by atoms with Gasteiger partial charge in [-0.05, 0) is 67.8 Å². The lowest BCUT2D eigenvalue weighted by atomic mass is 9.48. The first-order chi connectivity index (χ1) is 13.6. The second-order valence-corrected chi connectivity index (χ2v) is 9.72. The SMILES string of the molecule is COc1ccc2c(c1)C13CCN(CC4CC4)C(C2)C1(O)CCC1(C3)OCCO1. The van der Waals surface area contributed by atoms with Gasteiger partial charge in [0.1, 0.15) is 5.75 Å². The molecule has 4 fully saturated rings. The van der Waals surface area contributed by atoms with Crippen molar-refractivity contribution in [3.63, 3.8) is 0 Å². The van der Waals surface area contributed by atoms with E-state index in [0.717, 1.165) is 56.9 Å². The number of fused-ring (bicyclic) bond motifs is 1. The third-order valence-electron chi connectivity index (χ3n) is 8.35. The van der Waals surface area contributed by atoms with Crippen LogP contribution in [0.5, 0.6) is 5.75 Å². The largest absolute Gasteiger partial charge is 0.497 e. The first-order valence-electron chi connectivity index (χ1n) is 11.0. The van der Waals surface area contributed by atoms with Gasteiger partial charge in [-0.2, -0.15) is 0 Å². The average molecular weight is 386 g/mol. The molecule has 3 aliphatic carbocycles. The minimum absolute atomic E-state index is 0.196. The zero-order valence-electron chi connectivity index (χ0n) is 16.8. The summed E-state index contributed by atoms with van der Waals surface area (Å²) in [5.74, 6) is 1.19. The molecule has 5 nitrogen and oxygen atoms in total. The van der Waals surface area contributed by atoms with Crippen LogP contribution in [0.3, 0.4) is 0 Å². The van der Waals surface area contributed by atoms with Gasteiger partial charge in [0.25, 0.3) is 0 Å². The minimum atomic E-state index is -0.722. The molecule has 1 aromatic rings. The van der Waals surface area contributed by atoms with E-state index in [1.807, 2.05) is 0 Å². The standard InChI is InChI=1S/C23H31NO4/c1-26-18-5-4-17-12-20-23(25)7-6-22(27-10-11-28-22)15-21(23,19(17)13-18)8-9-24(20)14-16-2-3-16/h4-5,13,16,20,25H,2-3,6-12,14-15H2,1H3. The number of rotatable bonds is 3. The number of likely N-dealkylation sites (tertiary alicyclic amines) is 1. The van der Waals surface area contributed by atoms with Crippen molar-refractivity contribution in [3.8, 4) is 5.75 Å². The van der Waals surface area contributed by atoms with Gasteiger partial charge in [0.15, 0.2) is 5.79 Å². The van der Waals surface area contributed by atoms with Gasteiger partial charge in [-0.15, -0.1) is 0 Å². The van der Waals surface area contributed by atoms with Crippen LogP contribution in [-0.4, -0.2) is 60.8 Å². The van der Waals surface area contributed by atoms with Gasteiger partial charge in [0.05, 0.1) is 25.9 Å². The Balaban J connectivity index is 1.48. The van der Waals surface area contributed by atoms with E-state index in [-0.39, 0.29) is 11.5 Å². The number of ether oxygens (including phenoxy) is 3. The number of piperidine rings is 1. The molecule has 3 atom stereocenters. The van der Waals surface area contributed by atoms with E-state index in [9.17, 15) is 5.11 Å². The van der Waals surface area contributed by atoms with Gasteiger partial charge in [-0.1, -0.05) is 6.07 Å². The molecule has 2 saturated carbocycles. The number of benzene rings is 1.